The fourth-order valence-corrected chi connectivity index (χ4v) is 3.71. The summed E-state index contributed by atoms with van der Waals surface area (Å²) in [5.41, 5.74) is 2.36. The van der Waals surface area contributed by atoms with Crippen LogP contribution in [0.5, 0.6) is 0 Å². The van der Waals surface area contributed by atoms with E-state index >= 15 is 0 Å². The normalized spacial score (nSPS) is 23.8. The molecule has 114 valence electrons. The van der Waals surface area contributed by atoms with Gasteiger partial charge in [-0.3, -0.25) is 4.79 Å². The summed E-state index contributed by atoms with van der Waals surface area (Å²) in [4.78, 5) is 12.5. The van der Waals surface area contributed by atoms with Crippen LogP contribution >= 0.6 is 0 Å². The highest BCUT2D eigenvalue weighted by Gasteiger charge is 2.28. The third kappa shape index (κ3) is 3.39. The molecule has 0 radical (unpaired) electrons. The Bertz CT molecular complexity index is 467. The average Bonchev–Trinajstić information content (AvgIpc) is 2.73. The topological polar surface area (TPSA) is 41.1 Å². The third-order valence-electron chi connectivity index (χ3n) is 5.06. The van der Waals surface area contributed by atoms with Gasteiger partial charge in [0.25, 0.3) is 0 Å². The maximum atomic E-state index is 12.5. The van der Waals surface area contributed by atoms with Crippen LogP contribution in [0.1, 0.15) is 51.0 Å². The lowest BCUT2D eigenvalue weighted by atomic mass is 9.93. The van der Waals surface area contributed by atoms with Crippen molar-refractivity contribution in [3.8, 4) is 0 Å². The van der Waals surface area contributed by atoms with Crippen LogP contribution in [0.25, 0.3) is 0 Å². The summed E-state index contributed by atoms with van der Waals surface area (Å²) >= 11 is 0. The van der Waals surface area contributed by atoms with E-state index in [4.69, 9.17) is 0 Å². The molecule has 21 heavy (non-hydrogen) atoms. The van der Waals surface area contributed by atoms with Crippen LogP contribution in [0.15, 0.2) is 24.3 Å². The molecular formula is C18H26N2O. The number of nitrogens with one attached hydrogen (secondary N) is 2. The highest BCUT2D eigenvalue weighted by atomic mass is 16.2. The van der Waals surface area contributed by atoms with Gasteiger partial charge in [0.1, 0.15) is 6.04 Å². The molecule has 0 unspecified atom stereocenters. The number of hydrogen-bond donors (Lipinski definition) is 2. The number of fused-ring (bicyclic) bond motifs is 1. The van der Waals surface area contributed by atoms with Crippen molar-refractivity contribution in [3.63, 3.8) is 0 Å². The van der Waals surface area contributed by atoms with Gasteiger partial charge in [-0.2, -0.15) is 0 Å². The van der Waals surface area contributed by atoms with Crippen LogP contribution in [0, 0.1) is 5.92 Å². The molecule has 3 heteroatoms. The van der Waals surface area contributed by atoms with E-state index in [1.54, 1.807) is 0 Å². The quantitative estimate of drug-likeness (QED) is 0.835. The van der Waals surface area contributed by atoms with Gasteiger partial charge < -0.3 is 10.6 Å². The molecule has 2 aliphatic rings. The minimum atomic E-state index is -0.101. The average molecular weight is 286 g/mol. The van der Waals surface area contributed by atoms with Crippen molar-refractivity contribution in [1.29, 1.82) is 0 Å². The van der Waals surface area contributed by atoms with Crippen molar-refractivity contribution in [1.82, 2.24) is 5.32 Å². The van der Waals surface area contributed by atoms with Crippen molar-refractivity contribution in [2.24, 2.45) is 5.92 Å². The minimum absolute atomic E-state index is 0.101. The maximum Gasteiger partial charge on any atom is 0.243 e. The van der Waals surface area contributed by atoms with Gasteiger partial charge in [0.2, 0.25) is 5.91 Å². The number of carbonyl (C=O) groups is 1. The van der Waals surface area contributed by atoms with Crippen LogP contribution < -0.4 is 10.6 Å². The Morgan fingerprint density at radius 3 is 2.62 bits per heavy atom. The summed E-state index contributed by atoms with van der Waals surface area (Å²) in [6.45, 7) is 2.18. The second-order valence-corrected chi connectivity index (χ2v) is 6.61. The molecule has 2 atom stereocenters. The fourth-order valence-electron chi connectivity index (χ4n) is 3.71. The Morgan fingerprint density at radius 1 is 1.19 bits per heavy atom. The van der Waals surface area contributed by atoms with Gasteiger partial charge in [-0.25, -0.2) is 0 Å². The maximum absolute atomic E-state index is 12.5. The van der Waals surface area contributed by atoms with Gasteiger partial charge in [-0.05, 0) is 37.3 Å². The third-order valence-corrected chi connectivity index (χ3v) is 5.06. The van der Waals surface area contributed by atoms with Gasteiger partial charge in [-0.1, -0.05) is 43.9 Å². The predicted octanol–water partition coefficient (Wildman–Crippen LogP) is 3.50. The molecule has 3 nitrogen and oxygen atoms in total. The molecule has 1 heterocycles. The molecule has 0 bridgehead atoms. The van der Waals surface area contributed by atoms with Crippen LogP contribution in [0.4, 0.5) is 5.69 Å². The van der Waals surface area contributed by atoms with Crippen molar-refractivity contribution in [2.75, 3.05) is 5.32 Å². The van der Waals surface area contributed by atoms with E-state index in [1.165, 1.54) is 44.1 Å². The number of carbonyl (C=O) groups excluding carboxylic acids is 1. The highest BCUT2D eigenvalue weighted by Crippen LogP contribution is 2.27. The number of hydrogen-bond acceptors (Lipinski definition) is 2. The zero-order chi connectivity index (χ0) is 14.7. The van der Waals surface area contributed by atoms with E-state index in [9.17, 15) is 4.79 Å². The molecule has 0 aromatic heterocycles. The lowest BCUT2D eigenvalue weighted by Gasteiger charge is -2.25. The largest absolute Gasteiger partial charge is 0.373 e. The first kappa shape index (κ1) is 14.4. The number of para-hydroxylation sites is 1. The second kappa shape index (κ2) is 6.50. The molecule has 0 spiro atoms. The Morgan fingerprint density at radius 2 is 1.90 bits per heavy atom. The van der Waals surface area contributed by atoms with Crippen molar-refractivity contribution in [3.05, 3.63) is 29.8 Å². The SMILES string of the molecule is C[C@@H](NC(=O)[C@@H]1Cc2ccccc2N1)C1CCCCCC1. The number of amides is 1. The zero-order valence-corrected chi connectivity index (χ0v) is 12.9. The van der Waals surface area contributed by atoms with Crippen molar-refractivity contribution < 1.29 is 4.79 Å². The summed E-state index contributed by atoms with van der Waals surface area (Å²) < 4.78 is 0. The van der Waals surface area contributed by atoms with E-state index in [0.717, 1.165) is 12.1 Å². The molecule has 1 aliphatic carbocycles. The smallest absolute Gasteiger partial charge is 0.243 e. The van der Waals surface area contributed by atoms with Gasteiger partial charge in [0.05, 0.1) is 0 Å². The zero-order valence-electron chi connectivity index (χ0n) is 12.9. The molecule has 2 N–H and O–H groups in total. The lowest BCUT2D eigenvalue weighted by Crippen LogP contribution is -2.45. The minimum Gasteiger partial charge on any atom is -0.373 e. The van der Waals surface area contributed by atoms with E-state index in [-0.39, 0.29) is 11.9 Å². The first-order valence-corrected chi connectivity index (χ1v) is 8.39. The molecular weight excluding hydrogens is 260 g/mol. The summed E-state index contributed by atoms with van der Waals surface area (Å²) in [5, 5.41) is 6.60. The van der Waals surface area contributed by atoms with E-state index in [1.807, 2.05) is 12.1 Å². The van der Waals surface area contributed by atoms with E-state index in [0.29, 0.717) is 12.0 Å². The first-order valence-electron chi connectivity index (χ1n) is 8.39. The summed E-state index contributed by atoms with van der Waals surface area (Å²) in [7, 11) is 0. The highest BCUT2D eigenvalue weighted by molar-refractivity contribution is 5.87. The van der Waals surface area contributed by atoms with E-state index in [2.05, 4.69) is 29.7 Å². The number of benzene rings is 1. The van der Waals surface area contributed by atoms with Crippen LogP contribution in [0.2, 0.25) is 0 Å². The van der Waals surface area contributed by atoms with Crippen molar-refractivity contribution in [2.45, 2.75) is 64.0 Å². The van der Waals surface area contributed by atoms with Crippen LogP contribution in [0.3, 0.4) is 0 Å². The molecule has 1 aromatic rings. The molecule has 1 fully saturated rings. The van der Waals surface area contributed by atoms with E-state index < -0.39 is 0 Å². The molecule has 0 saturated heterocycles. The van der Waals surface area contributed by atoms with Gasteiger partial charge in [0.15, 0.2) is 0 Å². The molecule has 1 aromatic carbocycles. The van der Waals surface area contributed by atoms with Crippen molar-refractivity contribution >= 4 is 11.6 Å². The standard InChI is InChI=1S/C18H26N2O/c1-13(14-8-4-2-3-5-9-14)19-18(21)17-12-15-10-6-7-11-16(15)20-17/h6-7,10-11,13-14,17,20H,2-5,8-9,12H2,1H3,(H,19,21)/t13-,17+/m1/s1. The van der Waals surface area contributed by atoms with Crippen LogP contribution in [-0.2, 0) is 11.2 Å². The Hall–Kier alpha value is -1.51. The Kier molecular flexibility index (Phi) is 4.47. The molecule has 1 saturated carbocycles. The van der Waals surface area contributed by atoms with Crippen LogP contribution in [-0.4, -0.2) is 18.0 Å². The molecule has 3 rings (SSSR count). The summed E-state index contributed by atoms with van der Waals surface area (Å²) in [6.07, 6.45) is 8.68. The lowest BCUT2D eigenvalue weighted by molar-refractivity contribution is -0.122. The number of anilines is 1. The Labute approximate surface area is 127 Å². The summed E-state index contributed by atoms with van der Waals surface area (Å²) in [6, 6.07) is 8.40. The number of rotatable bonds is 3. The molecule has 1 amide bonds. The first-order chi connectivity index (χ1) is 10.2. The monoisotopic (exact) mass is 286 g/mol. The Balaban J connectivity index is 1.55. The second-order valence-electron chi connectivity index (χ2n) is 6.61. The summed E-state index contributed by atoms with van der Waals surface area (Å²) in [5.74, 6) is 0.808. The predicted molar refractivity (Wildman–Crippen MR) is 86.4 cm³/mol. The van der Waals surface area contributed by atoms with Gasteiger partial charge in [0, 0.05) is 18.2 Å². The molecule has 1 aliphatic heterocycles. The van der Waals surface area contributed by atoms with Gasteiger partial charge >= 0.3 is 0 Å². The van der Waals surface area contributed by atoms with Gasteiger partial charge in [-0.15, -0.1) is 0 Å². The fraction of sp³-hybridized carbons (Fsp3) is 0.611.